The molecule has 0 spiro atoms. The van der Waals surface area contributed by atoms with Crippen molar-refractivity contribution in [3.63, 3.8) is 0 Å². The second-order valence-electron chi connectivity index (χ2n) is 3.79. The number of nitrogens with zero attached hydrogens (tertiary/aromatic N) is 4. The van der Waals surface area contributed by atoms with E-state index in [0.29, 0.717) is 0 Å². The molecule has 0 aliphatic carbocycles. The number of aromatic nitrogens is 3. The third-order valence-electron chi connectivity index (χ3n) is 2.28. The minimum atomic E-state index is -0.215. The normalized spacial score (nSPS) is 9.78. The van der Waals surface area contributed by atoms with Crippen molar-refractivity contribution in [1.29, 1.82) is 5.26 Å². The molecule has 1 aromatic heterocycles. The summed E-state index contributed by atoms with van der Waals surface area (Å²) in [5.41, 5.74) is 1.86. The van der Waals surface area contributed by atoms with Crippen molar-refractivity contribution >= 4 is 11.6 Å². The summed E-state index contributed by atoms with van der Waals surface area (Å²) in [6.45, 7) is 2.01. The van der Waals surface area contributed by atoms with E-state index in [1.807, 2.05) is 31.2 Å². The van der Waals surface area contributed by atoms with Crippen LogP contribution in [0.25, 0.3) is 0 Å². The molecule has 1 aromatic carbocycles. The average molecular weight is 241 g/mol. The molecule has 18 heavy (non-hydrogen) atoms. The number of amides is 1. The molecule has 0 saturated heterocycles. The molecule has 0 saturated carbocycles. The van der Waals surface area contributed by atoms with E-state index in [9.17, 15) is 4.79 Å². The first-order chi connectivity index (χ1) is 8.67. The Morgan fingerprint density at radius 2 is 2.17 bits per heavy atom. The number of carbonyl (C=O) groups is 1. The summed E-state index contributed by atoms with van der Waals surface area (Å²) >= 11 is 0. The SMILES string of the molecule is Cc1ccc(NC(=O)Cn2cnc(C#N)n2)cc1. The summed E-state index contributed by atoms with van der Waals surface area (Å²) < 4.78 is 1.32. The van der Waals surface area contributed by atoms with E-state index in [2.05, 4.69) is 15.4 Å². The molecule has 90 valence electrons. The number of anilines is 1. The van der Waals surface area contributed by atoms with Crippen molar-refractivity contribution in [3.8, 4) is 6.07 Å². The van der Waals surface area contributed by atoms with Gasteiger partial charge >= 0.3 is 0 Å². The number of aryl methyl sites for hydroxylation is 1. The monoisotopic (exact) mass is 241 g/mol. The Kier molecular flexibility index (Phi) is 3.34. The molecular formula is C12H11N5O. The Morgan fingerprint density at radius 1 is 1.44 bits per heavy atom. The molecule has 0 radical (unpaired) electrons. The smallest absolute Gasteiger partial charge is 0.252 e. The van der Waals surface area contributed by atoms with E-state index in [0.717, 1.165) is 11.3 Å². The number of benzene rings is 1. The highest BCUT2D eigenvalue weighted by Crippen LogP contribution is 2.08. The summed E-state index contributed by atoms with van der Waals surface area (Å²) in [5, 5.41) is 15.1. The highest BCUT2D eigenvalue weighted by Gasteiger charge is 2.05. The lowest BCUT2D eigenvalue weighted by Crippen LogP contribution is -2.19. The van der Waals surface area contributed by atoms with Crippen LogP contribution in [0, 0.1) is 18.3 Å². The lowest BCUT2D eigenvalue weighted by atomic mass is 10.2. The summed E-state index contributed by atoms with van der Waals surface area (Å²) in [7, 11) is 0. The molecule has 2 rings (SSSR count). The Balaban J connectivity index is 1.96. The van der Waals surface area contributed by atoms with Crippen LogP contribution >= 0.6 is 0 Å². The van der Waals surface area contributed by atoms with Gasteiger partial charge in [-0.1, -0.05) is 17.7 Å². The second kappa shape index (κ2) is 5.10. The third kappa shape index (κ3) is 2.92. The van der Waals surface area contributed by atoms with Crippen molar-refractivity contribution in [2.45, 2.75) is 13.5 Å². The van der Waals surface area contributed by atoms with Crippen LogP contribution in [0.4, 0.5) is 5.69 Å². The highest BCUT2D eigenvalue weighted by molar-refractivity contribution is 5.90. The van der Waals surface area contributed by atoms with Crippen LogP contribution < -0.4 is 5.32 Å². The van der Waals surface area contributed by atoms with Gasteiger partial charge in [-0.2, -0.15) is 5.26 Å². The van der Waals surface area contributed by atoms with Gasteiger partial charge in [0.2, 0.25) is 5.91 Å². The fraction of sp³-hybridized carbons (Fsp3) is 0.167. The number of rotatable bonds is 3. The Hall–Kier alpha value is -2.68. The Morgan fingerprint density at radius 3 is 2.78 bits per heavy atom. The predicted octanol–water partition coefficient (Wildman–Crippen LogP) is 1.10. The van der Waals surface area contributed by atoms with Crippen LogP contribution in [0.5, 0.6) is 0 Å². The molecule has 1 N–H and O–H groups in total. The molecule has 2 aromatic rings. The van der Waals surface area contributed by atoms with Crippen LogP contribution in [0.2, 0.25) is 0 Å². The molecule has 1 amide bonds. The minimum absolute atomic E-state index is 0.0303. The zero-order valence-corrected chi connectivity index (χ0v) is 9.79. The Labute approximate surface area is 104 Å². The maximum absolute atomic E-state index is 11.7. The van der Waals surface area contributed by atoms with Crippen LogP contribution in [0.3, 0.4) is 0 Å². The second-order valence-corrected chi connectivity index (χ2v) is 3.79. The van der Waals surface area contributed by atoms with Gasteiger partial charge in [-0.15, -0.1) is 5.10 Å². The van der Waals surface area contributed by atoms with Crippen molar-refractivity contribution in [2.75, 3.05) is 5.32 Å². The minimum Gasteiger partial charge on any atom is -0.324 e. The molecule has 0 bridgehead atoms. The third-order valence-corrected chi connectivity index (χ3v) is 2.28. The molecule has 6 heteroatoms. The number of hydrogen-bond donors (Lipinski definition) is 1. The molecule has 0 aliphatic rings. The van der Waals surface area contributed by atoms with Crippen LogP contribution in [-0.2, 0) is 11.3 Å². The van der Waals surface area contributed by atoms with Gasteiger partial charge < -0.3 is 5.32 Å². The van der Waals surface area contributed by atoms with Gasteiger partial charge in [0.25, 0.3) is 5.82 Å². The quantitative estimate of drug-likeness (QED) is 0.872. The summed E-state index contributed by atoms with van der Waals surface area (Å²) in [6, 6.07) is 9.29. The van der Waals surface area contributed by atoms with Gasteiger partial charge in [0.05, 0.1) is 0 Å². The molecule has 0 aliphatic heterocycles. The standard InChI is InChI=1S/C12H11N5O/c1-9-2-4-10(5-3-9)15-12(18)7-17-8-14-11(6-13)16-17/h2-5,8H,7H2,1H3,(H,15,18). The van der Waals surface area contributed by atoms with E-state index in [1.165, 1.54) is 11.0 Å². The fourth-order valence-electron chi connectivity index (χ4n) is 1.41. The van der Waals surface area contributed by atoms with E-state index in [4.69, 9.17) is 5.26 Å². The maximum atomic E-state index is 11.7. The molecule has 0 unspecified atom stereocenters. The van der Waals surface area contributed by atoms with Gasteiger partial charge in [-0.25, -0.2) is 9.67 Å². The van der Waals surface area contributed by atoms with Crippen LogP contribution in [-0.4, -0.2) is 20.7 Å². The van der Waals surface area contributed by atoms with Crippen molar-refractivity contribution in [2.24, 2.45) is 0 Å². The van der Waals surface area contributed by atoms with Crippen molar-refractivity contribution < 1.29 is 4.79 Å². The highest BCUT2D eigenvalue weighted by atomic mass is 16.2. The predicted molar refractivity (Wildman–Crippen MR) is 64.5 cm³/mol. The largest absolute Gasteiger partial charge is 0.324 e. The zero-order valence-electron chi connectivity index (χ0n) is 9.79. The fourth-order valence-corrected chi connectivity index (χ4v) is 1.41. The lowest BCUT2D eigenvalue weighted by molar-refractivity contribution is -0.116. The molecule has 6 nitrogen and oxygen atoms in total. The molecule has 0 atom stereocenters. The number of nitrogens with one attached hydrogen (secondary N) is 1. The van der Waals surface area contributed by atoms with E-state index >= 15 is 0 Å². The number of nitriles is 1. The van der Waals surface area contributed by atoms with Gasteiger partial charge in [0.1, 0.15) is 18.9 Å². The first kappa shape index (κ1) is 11.8. The van der Waals surface area contributed by atoms with Gasteiger partial charge in [-0.05, 0) is 19.1 Å². The van der Waals surface area contributed by atoms with Crippen molar-refractivity contribution in [1.82, 2.24) is 14.8 Å². The van der Waals surface area contributed by atoms with Gasteiger partial charge in [-0.3, -0.25) is 4.79 Å². The summed E-state index contributed by atoms with van der Waals surface area (Å²) in [4.78, 5) is 15.4. The Bertz CT molecular complexity index is 594. The van der Waals surface area contributed by atoms with Crippen LogP contribution in [0.1, 0.15) is 11.4 Å². The number of hydrogen-bond acceptors (Lipinski definition) is 4. The van der Waals surface area contributed by atoms with E-state index < -0.39 is 0 Å². The molecule has 1 heterocycles. The van der Waals surface area contributed by atoms with Gasteiger partial charge in [0, 0.05) is 5.69 Å². The average Bonchev–Trinajstić information content (AvgIpc) is 2.79. The first-order valence-electron chi connectivity index (χ1n) is 5.33. The molecule has 0 fully saturated rings. The van der Waals surface area contributed by atoms with Crippen LogP contribution in [0.15, 0.2) is 30.6 Å². The van der Waals surface area contributed by atoms with Crippen molar-refractivity contribution in [3.05, 3.63) is 42.0 Å². The maximum Gasteiger partial charge on any atom is 0.252 e. The summed E-state index contributed by atoms with van der Waals surface area (Å²) in [5.74, 6) is -0.161. The van der Waals surface area contributed by atoms with E-state index in [1.54, 1.807) is 6.07 Å². The summed E-state index contributed by atoms with van der Waals surface area (Å²) in [6.07, 6.45) is 1.35. The first-order valence-corrected chi connectivity index (χ1v) is 5.33. The number of carbonyl (C=O) groups excluding carboxylic acids is 1. The van der Waals surface area contributed by atoms with Gasteiger partial charge in [0.15, 0.2) is 0 Å². The zero-order chi connectivity index (χ0) is 13.0. The van der Waals surface area contributed by atoms with E-state index in [-0.39, 0.29) is 18.3 Å². The lowest BCUT2D eigenvalue weighted by Gasteiger charge is -2.05. The topological polar surface area (TPSA) is 83.6 Å². The molecular weight excluding hydrogens is 230 g/mol.